The van der Waals surface area contributed by atoms with Gasteiger partial charge in [0.2, 0.25) is 11.1 Å². The SMILES string of the molecule is CC(Sc1n[nH]c(-c2ccccc2F)n1)C(=O)N1CCCC1. The molecule has 2 aromatic rings. The highest BCUT2D eigenvalue weighted by molar-refractivity contribution is 8.00. The van der Waals surface area contributed by atoms with Crippen molar-refractivity contribution in [3.63, 3.8) is 0 Å². The van der Waals surface area contributed by atoms with Crippen LogP contribution in [0.2, 0.25) is 0 Å². The van der Waals surface area contributed by atoms with Gasteiger partial charge in [-0.2, -0.15) is 0 Å². The number of likely N-dealkylation sites (tertiary alicyclic amines) is 1. The summed E-state index contributed by atoms with van der Waals surface area (Å²) in [5, 5.41) is 7.01. The van der Waals surface area contributed by atoms with Crippen molar-refractivity contribution in [1.82, 2.24) is 20.1 Å². The maximum Gasteiger partial charge on any atom is 0.235 e. The lowest BCUT2D eigenvalue weighted by molar-refractivity contribution is -0.129. The summed E-state index contributed by atoms with van der Waals surface area (Å²) in [4.78, 5) is 18.4. The number of H-pyrrole nitrogens is 1. The number of carbonyl (C=O) groups is 1. The molecule has 1 unspecified atom stereocenters. The van der Waals surface area contributed by atoms with E-state index in [4.69, 9.17) is 0 Å². The van der Waals surface area contributed by atoms with E-state index in [9.17, 15) is 9.18 Å². The van der Waals surface area contributed by atoms with Gasteiger partial charge in [-0.25, -0.2) is 9.37 Å². The molecule has 0 saturated carbocycles. The molecule has 1 fully saturated rings. The van der Waals surface area contributed by atoms with Crippen LogP contribution in [0.25, 0.3) is 11.4 Å². The van der Waals surface area contributed by atoms with Crippen molar-refractivity contribution in [2.75, 3.05) is 13.1 Å². The Kier molecular flexibility index (Phi) is 4.42. The standard InChI is InChI=1S/C15H17FN4OS/c1-10(14(21)20-8-4-5-9-20)22-15-17-13(18-19-15)11-6-2-3-7-12(11)16/h2-3,6-7,10H,4-5,8-9H2,1H3,(H,17,18,19). The molecule has 1 saturated heterocycles. The van der Waals surface area contributed by atoms with Crippen molar-refractivity contribution in [3.05, 3.63) is 30.1 Å². The summed E-state index contributed by atoms with van der Waals surface area (Å²) < 4.78 is 13.7. The number of aromatic amines is 1. The molecular weight excluding hydrogens is 303 g/mol. The van der Waals surface area contributed by atoms with Gasteiger partial charge in [0.15, 0.2) is 5.82 Å². The number of halogens is 1. The molecule has 3 rings (SSSR count). The summed E-state index contributed by atoms with van der Waals surface area (Å²) >= 11 is 1.29. The lowest BCUT2D eigenvalue weighted by atomic mass is 10.2. The zero-order valence-corrected chi connectivity index (χ0v) is 13.1. The topological polar surface area (TPSA) is 61.9 Å². The van der Waals surface area contributed by atoms with E-state index < -0.39 is 0 Å². The molecule has 22 heavy (non-hydrogen) atoms. The Labute approximate surface area is 132 Å². The molecule has 1 atom stereocenters. The number of nitrogens with zero attached hydrogens (tertiary/aromatic N) is 3. The van der Waals surface area contributed by atoms with Gasteiger partial charge >= 0.3 is 0 Å². The van der Waals surface area contributed by atoms with Crippen molar-refractivity contribution in [3.8, 4) is 11.4 Å². The summed E-state index contributed by atoms with van der Waals surface area (Å²) in [6.45, 7) is 3.51. The second kappa shape index (κ2) is 6.48. The van der Waals surface area contributed by atoms with Crippen molar-refractivity contribution < 1.29 is 9.18 Å². The number of thioether (sulfide) groups is 1. The lowest BCUT2D eigenvalue weighted by Gasteiger charge is -2.18. The Hall–Kier alpha value is -1.89. The first-order valence-corrected chi connectivity index (χ1v) is 8.16. The molecule has 1 N–H and O–H groups in total. The summed E-state index contributed by atoms with van der Waals surface area (Å²) in [5.74, 6) is 0.137. The van der Waals surface area contributed by atoms with Gasteiger partial charge in [-0.15, -0.1) is 5.10 Å². The predicted octanol–water partition coefficient (Wildman–Crippen LogP) is 2.71. The molecule has 0 aliphatic carbocycles. The fourth-order valence-electron chi connectivity index (χ4n) is 2.48. The molecule has 1 amide bonds. The first kappa shape index (κ1) is 15.0. The number of amides is 1. The van der Waals surface area contributed by atoms with Crippen LogP contribution in [0.15, 0.2) is 29.4 Å². The fourth-order valence-corrected chi connectivity index (χ4v) is 3.28. The molecule has 116 valence electrons. The number of rotatable bonds is 4. The van der Waals surface area contributed by atoms with E-state index in [1.165, 1.54) is 17.8 Å². The summed E-state index contributed by atoms with van der Waals surface area (Å²) in [5.41, 5.74) is 0.375. The van der Waals surface area contributed by atoms with Crippen LogP contribution in [-0.2, 0) is 4.79 Å². The van der Waals surface area contributed by atoms with E-state index in [0.29, 0.717) is 16.5 Å². The first-order chi connectivity index (χ1) is 10.6. The quantitative estimate of drug-likeness (QED) is 0.880. The van der Waals surface area contributed by atoms with Crippen molar-refractivity contribution in [1.29, 1.82) is 0 Å². The minimum atomic E-state index is -0.351. The molecule has 7 heteroatoms. The van der Waals surface area contributed by atoms with Crippen LogP contribution in [0.1, 0.15) is 19.8 Å². The molecule has 1 aromatic carbocycles. The van der Waals surface area contributed by atoms with Crippen LogP contribution in [0, 0.1) is 5.82 Å². The number of carbonyl (C=O) groups excluding carboxylic acids is 1. The highest BCUT2D eigenvalue weighted by Crippen LogP contribution is 2.25. The van der Waals surface area contributed by atoms with E-state index in [0.717, 1.165) is 25.9 Å². The number of aromatic nitrogens is 3. The normalized spacial score (nSPS) is 16.0. The Balaban J connectivity index is 1.69. The third kappa shape index (κ3) is 3.14. The molecule has 1 aliphatic heterocycles. The summed E-state index contributed by atoms with van der Waals surface area (Å²) in [6, 6.07) is 6.39. The van der Waals surface area contributed by atoms with Gasteiger partial charge in [-0.3, -0.25) is 9.89 Å². The minimum absolute atomic E-state index is 0.111. The number of benzene rings is 1. The minimum Gasteiger partial charge on any atom is -0.342 e. The third-order valence-electron chi connectivity index (χ3n) is 3.64. The molecule has 0 radical (unpaired) electrons. The molecule has 0 bridgehead atoms. The Morgan fingerprint density at radius 1 is 1.36 bits per heavy atom. The van der Waals surface area contributed by atoms with Gasteiger partial charge in [0, 0.05) is 13.1 Å². The van der Waals surface area contributed by atoms with E-state index in [-0.39, 0.29) is 17.0 Å². The predicted molar refractivity (Wildman–Crippen MR) is 82.9 cm³/mol. The molecule has 1 aromatic heterocycles. The van der Waals surface area contributed by atoms with Crippen molar-refractivity contribution in [2.45, 2.75) is 30.2 Å². The van der Waals surface area contributed by atoms with Crippen molar-refractivity contribution in [2.24, 2.45) is 0 Å². The van der Waals surface area contributed by atoms with Crippen LogP contribution in [0.4, 0.5) is 4.39 Å². The number of nitrogens with one attached hydrogen (secondary N) is 1. The highest BCUT2D eigenvalue weighted by Gasteiger charge is 2.25. The molecule has 1 aliphatic rings. The maximum absolute atomic E-state index is 13.7. The Morgan fingerprint density at radius 2 is 2.09 bits per heavy atom. The average Bonchev–Trinajstić information content (AvgIpc) is 3.18. The summed E-state index contributed by atoms with van der Waals surface area (Å²) in [6.07, 6.45) is 2.14. The Morgan fingerprint density at radius 3 is 2.82 bits per heavy atom. The maximum atomic E-state index is 13.7. The van der Waals surface area contributed by atoms with E-state index in [1.807, 2.05) is 11.8 Å². The second-order valence-corrected chi connectivity index (χ2v) is 6.55. The van der Waals surface area contributed by atoms with Gasteiger partial charge in [-0.05, 0) is 31.9 Å². The number of hydrogen-bond donors (Lipinski definition) is 1. The van der Waals surface area contributed by atoms with Crippen LogP contribution >= 0.6 is 11.8 Å². The lowest BCUT2D eigenvalue weighted by Crippen LogP contribution is -2.34. The highest BCUT2D eigenvalue weighted by atomic mass is 32.2. The second-order valence-electron chi connectivity index (χ2n) is 5.24. The zero-order chi connectivity index (χ0) is 15.5. The monoisotopic (exact) mass is 320 g/mol. The zero-order valence-electron chi connectivity index (χ0n) is 12.3. The smallest absolute Gasteiger partial charge is 0.235 e. The third-order valence-corrected chi connectivity index (χ3v) is 4.59. The Bertz CT molecular complexity index is 669. The van der Waals surface area contributed by atoms with Crippen LogP contribution in [-0.4, -0.2) is 44.3 Å². The van der Waals surface area contributed by atoms with E-state index in [2.05, 4.69) is 15.2 Å². The van der Waals surface area contributed by atoms with Gasteiger partial charge in [0.05, 0.1) is 10.8 Å². The fraction of sp³-hybridized carbons (Fsp3) is 0.400. The number of hydrogen-bond acceptors (Lipinski definition) is 4. The largest absolute Gasteiger partial charge is 0.342 e. The van der Waals surface area contributed by atoms with Gasteiger partial charge < -0.3 is 4.90 Å². The van der Waals surface area contributed by atoms with E-state index >= 15 is 0 Å². The van der Waals surface area contributed by atoms with Gasteiger partial charge in [0.1, 0.15) is 5.82 Å². The van der Waals surface area contributed by atoms with Crippen LogP contribution < -0.4 is 0 Å². The molecular formula is C15H17FN4OS. The van der Waals surface area contributed by atoms with Gasteiger partial charge in [-0.1, -0.05) is 23.9 Å². The molecule has 5 nitrogen and oxygen atoms in total. The van der Waals surface area contributed by atoms with Crippen molar-refractivity contribution >= 4 is 17.7 Å². The summed E-state index contributed by atoms with van der Waals surface area (Å²) in [7, 11) is 0. The first-order valence-electron chi connectivity index (χ1n) is 7.28. The van der Waals surface area contributed by atoms with E-state index in [1.54, 1.807) is 18.2 Å². The van der Waals surface area contributed by atoms with Crippen LogP contribution in [0.5, 0.6) is 0 Å². The van der Waals surface area contributed by atoms with Gasteiger partial charge in [0.25, 0.3) is 0 Å². The van der Waals surface area contributed by atoms with Crippen LogP contribution in [0.3, 0.4) is 0 Å². The molecule has 2 heterocycles. The molecule has 0 spiro atoms. The average molecular weight is 320 g/mol.